The molecule has 170 valence electrons. The molecule has 0 unspecified atom stereocenters. The molecular formula is C23H34IN5O2. The van der Waals surface area contributed by atoms with Crippen molar-refractivity contribution in [1.82, 2.24) is 15.1 Å². The zero-order valence-electron chi connectivity index (χ0n) is 19.3. The zero-order chi connectivity index (χ0) is 22.1. The topological polar surface area (TPSA) is 60.4 Å². The van der Waals surface area contributed by atoms with Gasteiger partial charge in [0.1, 0.15) is 5.75 Å². The molecule has 0 atom stereocenters. The summed E-state index contributed by atoms with van der Waals surface area (Å²) >= 11 is 0. The molecule has 8 heteroatoms. The molecule has 0 saturated carbocycles. The number of likely N-dealkylation sites (N-methyl/N-ethyl adjacent to an activating group) is 1. The smallest absolute Gasteiger partial charge is 0.241 e. The number of halogens is 1. The van der Waals surface area contributed by atoms with Gasteiger partial charge < -0.3 is 24.8 Å². The monoisotopic (exact) mass is 539 g/mol. The molecule has 0 fully saturated rings. The number of carbonyl (C=O) groups is 1. The number of hydrogen-bond acceptors (Lipinski definition) is 4. The van der Waals surface area contributed by atoms with Gasteiger partial charge in [-0.05, 0) is 35.4 Å². The van der Waals surface area contributed by atoms with E-state index in [1.807, 2.05) is 50.3 Å². The molecule has 2 aromatic carbocycles. The highest BCUT2D eigenvalue weighted by molar-refractivity contribution is 14.0. The number of methoxy groups -OCH3 is 1. The van der Waals surface area contributed by atoms with Crippen molar-refractivity contribution in [2.45, 2.75) is 13.1 Å². The van der Waals surface area contributed by atoms with Crippen LogP contribution in [-0.4, -0.2) is 70.6 Å². The van der Waals surface area contributed by atoms with E-state index >= 15 is 0 Å². The van der Waals surface area contributed by atoms with Crippen molar-refractivity contribution in [3.05, 3.63) is 59.7 Å². The van der Waals surface area contributed by atoms with Crippen LogP contribution in [-0.2, 0) is 17.9 Å². The van der Waals surface area contributed by atoms with Gasteiger partial charge in [-0.3, -0.25) is 4.79 Å². The number of hydrogen-bond donors (Lipinski definition) is 1. The summed E-state index contributed by atoms with van der Waals surface area (Å²) < 4.78 is 5.21. The third-order valence-corrected chi connectivity index (χ3v) is 4.68. The summed E-state index contributed by atoms with van der Waals surface area (Å²) in [4.78, 5) is 22.5. The van der Waals surface area contributed by atoms with E-state index in [1.54, 1.807) is 26.1 Å². The van der Waals surface area contributed by atoms with Gasteiger partial charge >= 0.3 is 0 Å². The number of nitrogens with zero attached hydrogens (tertiary/aromatic N) is 4. The van der Waals surface area contributed by atoms with Gasteiger partial charge in [-0.2, -0.15) is 0 Å². The van der Waals surface area contributed by atoms with Gasteiger partial charge in [-0.25, -0.2) is 4.99 Å². The fourth-order valence-electron chi connectivity index (χ4n) is 2.80. The average Bonchev–Trinajstić information content (AvgIpc) is 2.73. The standard InChI is InChI=1S/C23H33N5O2.HI/c1-26(2)20-9-7-8-19(14-20)17-28(5)23(25-16-22(29)27(3)4)24-15-18-10-12-21(30-6)13-11-18;/h7-14H,15-17H2,1-6H3,(H,24,25);1H. The third kappa shape index (κ3) is 8.64. The quantitative estimate of drug-likeness (QED) is 0.318. The van der Waals surface area contributed by atoms with Crippen LogP contribution in [0.3, 0.4) is 0 Å². The molecule has 1 N–H and O–H groups in total. The minimum absolute atomic E-state index is 0. The summed E-state index contributed by atoms with van der Waals surface area (Å²) in [7, 11) is 11.2. The van der Waals surface area contributed by atoms with Crippen LogP contribution in [0.5, 0.6) is 5.75 Å². The van der Waals surface area contributed by atoms with Crippen molar-refractivity contribution in [1.29, 1.82) is 0 Å². The number of ether oxygens (including phenoxy) is 1. The number of aliphatic imine (C=N–C) groups is 1. The lowest BCUT2D eigenvalue weighted by Gasteiger charge is -2.24. The Balaban J connectivity index is 0.00000480. The van der Waals surface area contributed by atoms with Gasteiger partial charge in [0.05, 0.1) is 20.2 Å². The predicted octanol–water partition coefficient (Wildman–Crippen LogP) is 3.05. The molecule has 0 aliphatic heterocycles. The van der Waals surface area contributed by atoms with E-state index in [-0.39, 0.29) is 36.4 Å². The number of nitrogens with one attached hydrogen (secondary N) is 1. The summed E-state index contributed by atoms with van der Waals surface area (Å²) in [6, 6.07) is 16.2. The second-order valence-electron chi connectivity index (χ2n) is 7.55. The number of carbonyl (C=O) groups excluding carboxylic acids is 1. The van der Waals surface area contributed by atoms with Crippen molar-refractivity contribution in [2.75, 3.05) is 53.8 Å². The Morgan fingerprint density at radius 1 is 1.00 bits per heavy atom. The summed E-state index contributed by atoms with van der Waals surface area (Å²) in [6.45, 7) is 1.37. The summed E-state index contributed by atoms with van der Waals surface area (Å²) in [5.74, 6) is 1.49. The largest absolute Gasteiger partial charge is 0.497 e. The van der Waals surface area contributed by atoms with Crippen molar-refractivity contribution in [3.8, 4) is 5.75 Å². The molecule has 31 heavy (non-hydrogen) atoms. The molecule has 0 radical (unpaired) electrons. The minimum atomic E-state index is -0.00449. The molecular weight excluding hydrogens is 505 g/mol. The van der Waals surface area contributed by atoms with Gasteiger partial charge in [-0.15, -0.1) is 24.0 Å². The first-order valence-electron chi connectivity index (χ1n) is 9.89. The Morgan fingerprint density at radius 3 is 2.26 bits per heavy atom. The zero-order valence-corrected chi connectivity index (χ0v) is 21.6. The maximum Gasteiger partial charge on any atom is 0.241 e. The Morgan fingerprint density at radius 2 is 1.68 bits per heavy atom. The molecule has 0 aliphatic rings. The Kier molecular flexibility index (Phi) is 11.2. The number of amides is 1. The minimum Gasteiger partial charge on any atom is -0.497 e. The molecule has 0 bridgehead atoms. The van der Waals surface area contributed by atoms with Gasteiger partial charge in [-0.1, -0.05) is 24.3 Å². The van der Waals surface area contributed by atoms with E-state index in [9.17, 15) is 4.79 Å². The second kappa shape index (κ2) is 13.0. The SMILES string of the molecule is COc1ccc(CN=C(NCC(=O)N(C)C)N(C)Cc2cccc(N(C)C)c2)cc1.I. The van der Waals surface area contributed by atoms with Gasteiger partial charge in [0, 0.05) is 47.5 Å². The lowest BCUT2D eigenvalue weighted by atomic mass is 10.2. The van der Waals surface area contributed by atoms with E-state index in [0.717, 1.165) is 17.0 Å². The fourth-order valence-corrected chi connectivity index (χ4v) is 2.80. The lowest BCUT2D eigenvalue weighted by Crippen LogP contribution is -2.43. The fraction of sp³-hybridized carbons (Fsp3) is 0.391. The van der Waals surface area contributed by atoms with Crippen molar-refractivity contribution in [3.63, 3.8) is 0 Å². The van der Waals surface area contributed by atoms with Crippen LogP contribution in [0.4, 0.5) is 5.69 Å². The third-order valence-electron chi connectivity index (χ3n) is 4.68. The highest BCUT2D eigenvalue weighted by Gasteiger charge is 2.11. The van der Waals surface area contributed by atoms with Crippen LogP contribution in [0.2, 0.25) is 0 Å². The first kappa shape index (κ1) is 26.5. The Hall–Kier alpha value is -2.49. The molecule has 0 saturated heterocycles. The summed E-state index contributed by atoms with van der Waals surface area (Å²) in [5.41, 5.74) is 3.38. The summed E-state index contributed by atoms with van der Waals surface area (Å²) in [6.07, 6.45) is 0. The van der Waals surface area contributed by atoms with Gasteiger partial charge in [0.2, 0.25) is 5.91 Å². The van der Waals surface area contributed by atoms with Crippen molar-refractivity contribution >= 4 is 41.5 Å². The molecule has 0 heterocycles. The van der Waals surface area contributed by atoms with Crippen molar-refractivity contribution in [2.24, 2.45) is 4.99 Å². The van der Waals surface area contributed by atoms with Crippen LogP contribution in [0, 0.1) is 0 Å². The Bertz CT molecular complexity index is 853. The number of benzene rings is 2. The average molecular weight is 539 g/mol. The maximum absolute atomic E-state index is 12.1. The van der Waals surface area contributed by atoms with E-state index in [4.69, 9.17) is 9.73 Å². The highest BCUT2D eigenvalue weighted by Crippen LogP contribution is 2.15. The first-order chi connectivity index (χ1) is 14.3. The molecule has 0 aromatic heterocycles. The van der Waals surface area contributed by atoms with Crippen LogP contribution < -0.4 is 15.0 Å². The number of anilines is 1. The Labute approximate surface area is 203 Å². The maximum atomic E-state index is 12.1. The predicted molar refractivity (Wildman–Crippen MR) is 138 cm³/mol. The van der Waals surface area contributed by atoms with Crippen molar-refractivity contribution < 1.29 is 9.53 Å². The molecule has 2 rings (SSSR count). The first-order valence-corrected chi connectivity index (χ1v) is 9.89. The van der Waals surface area contributed by atoms with Crippen LogP contribution >= 0.6 is 24.0 Å². The lowest BCUT2D eigenvalue weighted by molar-refractivity contribution is -0.127. The molecule has 2 aromatic rings. The molecule has 0 spiro atoms. The normalized spacial score (nSPS) is 10.7. The summed E-state index contributed by atoms with van der Waals surface area (Å²) in [5, 5.41) is 3.20. The number of rotatable bonds is 8. The highest BCUT2D eigenvalue weighted by atomic mass is 127. The van der Waals surface area contributed by atoms with Crippen LogP contribution in [0.25, 0.3) is 0 Å². The van der Waals surface area contributed by atoms with Gasteiger partial charge in [0.25, 0.3) is 0 Å². The second-order valence-corrected chi connectivity index (χ2v) is 7.55. The van der Waals surface area contributed by atoms with Crippen LogP contribution in [0.1, 0.15) is 11.1 Å². The molecule has 0 aliphatic carbocycles. The van der Waals surface area contributed by atoms with Crippen LogP contribution in [0.15, 0.2) is 53.5 Å². The van der Waals surface area contributed by atoms with E-state index in [0.29, 0.717) is 19.0 Å². The van der Waals surface area contributed by atoms with E-state index in [2.05, 4.69) is 34.5 Å². The van der Waals surface area contributed by atoms with E-state index < -0.39 is 0 Å². The molecule has 1 amide bonds. The van der Waals surface area contributed by atoms with E-state index in [1.165, 1.54) is 5.56 Å². The molecule has 7 nitrogen and oxygen atoms in total. The number of guanidine groups is 1. The van der Waals surface area contributed by atoms with Gasteiger partial charge in [0.15, 0.2) is 5.96 Å².